The number of aryl methyl sites for hydroxylation is 1. The van der Waals surface area contributed by atoms with Crippen molar-refractivity contribution >= 4 is 32.7 Å². The molecule has 142 valence electrons. The van der Waals surface area contributed by atoms with Gasteiger partial charge in [0.25, 0.3) is 0 Å². The lowest BCUT2D eigenvalue weighted by Gasteiger charge is -2.33. The zero-order valence-corrected chi connectivity index (χ0v) is 18.6. The molecular weight excluding hydrogens is 358 g/mol. The van der Waals surface area contributed by atoms with Gasteiger partial charge in [-0.15, -0.1) is 11.3 Å². The van der Waals surface area contributed by atoms with Gasteiger partial charge in [0.15, 0.2) is 0 Å². The highest BCUT2D eigenvalue weighted by atomic mass is 32.3. The molecule has 5 heteroatoms. The summed E-state index contributed by atoms with van der Waals surface area (Å²) in [4.78, 5) is 7.77. The number of thiophene rings is 1. The molecule has 0 bridgehead atoms. The maximum atomic E-state index is 9.85. The minimum absolute atomic E-state index is 0.223. The fourth-order valence-corrected chi connectivity index (χ4v) is 6.85. The van der Waals surface area contributed by atoms with Gasteiger partial charge in [0.05, 0.1) is 17.3 Å². The zero-order chi connectivity index (χ0) is 19.4. The van der Waals surface area contributed by atoms with E-state index >= 15 is 0 Å². The van der Waals surface area contributed by atoms with Gasteiger partial charge in [-0.2, -0.15) is 15.3 Å². The van der Waals surface area contributed by atoms with Crippen LogP contribution in [0.15, 0.2) is 4.99 Å². The van der Waals surface area contributed by atoms with Crippen molar-refractivity contribution < 1.29 is 0 Å². The lowest BCUT2D eigenvalue weighted by Crippen LogP contribution is -2.26. The van der Waals surface area contributed by atoms with Crippen LogP contribution in [0.5, 0.6) is 0 Å². The topological polar surface area (TPSA) is 39.4 Å². The van der Waals surface area contributed by atoms with Gasteiger partial charge in [0.2, 0.25) is 0 Å². The van der Waals surface area contributed by atoms with E-state index in [1.54, 1.807) is 17.7 Å². The van der Waals surface area contributed by atoms with Gasteiger partial charge < -0.3 is 4.90 Å². The maximum absolute atomic E-state index is 9.85. The third-order valence-corrected chi connectivity index (χ3v) is 10.3. The molecule has 26 heavy (non-hydrogen) atoms. The molecule has 3 nitrogen and oxygen atoms in total. The largest absolute Gasteiger partial charge is 0.369 e. The van der Waals surface area contributed by atoms with Crippen LogP contribution in [0.4, 0.5) is 5.00 Å². The number of nitrogens with zero attached hydrogens (tertiary/aromatic N) is 3. The molecule has 0 fully saturated rings. The minimum Gasteiger partial charge on any atom is -0.369 e. The van der Waals surface area contributed by atoms with Gasteiger partial charge in [0.1, 0.15) is 11.1 Å². The van der Waals surface area contributed by atoms with Crippen LogP contribution in [0, 0.1) is 22.5 Å². The number of hydrogen-bond acceptors (Lipinski definition) is 3. The van der Waals surface area contributed by atoms with Crippen LogP contribution in [0.2, 0.25) is 0 Å². The summed E-state index contributed by atoms with van der Waals surface area (Å²) in [5, 5.41) is 14.4. The van der Waals surface area contributed by atoms with E-state index in [2.05, 4.69) is 49.9 Å². The van der Waals surface area contributed by atoms with Gasteiger partial charge in [-0.1, -0.05) is 31.9 Å². The van der Waals surface area contributed by atoms with Crippen molar-refractivity contribution in [1.29, 1.82) is 5.26 Å². The molecular formula is C21H31N3S2. The summed E-state index contributed by atoms with van der Waals surface area (Å²) in [6.07, 6.45) is 4.98. The van der Waals surface area contributed by atoms with Gasteiger partial charge in [-0.3, -0.25) is 0 Å². The fraction of sp³-hybridized carbons (Fsp3) is 0.619. The summed E-state index contributed by atoms with van der Waals surface area (Å²) in [6.45, 7) is 9.04. The highest BCUT2D eigenvalue weighted by Crippen LogP contribution is 2.49. The van der Waals surface area contributed by atoms with Crippen molar-refractivity contribution in [3.63, 3.8) is 0 Å². The first kappa shape index (κ1) is 20.9. The monoisotopic (exact) mass is 389 g/mol. The van der Waals surface area contributed by atoms with Gasteiger partial charge in [-0.05, 0) is 43.4 Å². The Bertz CT molecular complexity index is 761. The first-order chi connectivity index (χ1) is 12.3. The molecule has 0 N–H and O–H groups in total. The molecule has 0 unspecified atom stereocenters. The standard InChI is InChI=1S/C21H31N3S2/c1-7-26(8-2,9-3)14-13-21(4)12-10-11-18-19(21)17(15-22)20(25-18)23-16-24(5)6/h16H,7-12H2,1-6H3/b23-16+/t21-/m1/s1. The lowest BCUT2D eigenvalue weighted by molar-refractivity contribution is 0.502. The Kier molecular flexibility index (Phi) is 6.83. The fourth-order valence-electron chi connectivity index (χ4n) is 3.49. The molecule has 2 rings (SSSR count). The molecule has 1 aromatic heterocycles. The van der Waals surface area contributed by atoms with Crippen LogP contribution in [-0.4, -0.2) is 42.6 Å². The van der Waals surface area contributed by atoms with Crippen molar-refractivity contribution in [2.75, 3.05) is 31.4 Å². The third-order valence-electron chi connectivity index (χ3n) is 5.31. The zero-order valence-electron chi connectivity index (χ0n) is 17.0. The summed E-state index contributed by atoms with van der Waals surface area (Å²) in [7, 11) is 3.03. The van der Waals surface area contributed by atoms with Crippen LogP contribution in [0.1, 0.15) is 56.5 Å². The van der Waals surface area contributed by atoms with Crippen molar-refractivity contribution in [2.24, 2.45) is 4.99 Å². The molecule has 1 aliphatic carbocycles. The SMILES string of the molecule is CCS(C#C[C@@]1(C)CCCc2sc(/N=C/N(C)C)c(C#N)c21)(CC)CC. The molecule has 1 aromatic rings. The quantitative estimate of drug-likeness (QED) is 0.391. The molecule has 0 amide bonds. The Hall–Kier alpha value is -1.43. The highest BCUT2D eigenvalue weighted by Gasteiger charge is 2.36. The average molecular weight is 390 g/mol. The maximum Gasteiger partial charge on any atom is 0.136 e. The molecule has 1 aliphatic rings. The molecule has 0 aliphatic heterocycles. The lowest BCUT2D eigenvalue weighted by atomic mass is 9.73. The van der Waals surface area contributed by atoms with E-state index < -0.39 is 10.0 Å². The van der Waals surface area contributed by atoms with Crippen LogP contribution >= 0.6 is 21.4 Å². The van der Waals surface area contributed by atoms with Crippen molar-refractivity contribution in [3.8, 4) is 17.2 Å². The second kappa shape index (κ2) is 8.51. The van der Waals surface area contributed by atoms with E-state index in [1.807, 2.05) is 19.0 Å². The Labute approximate surface area is 164 Å². The molecule has 1 heterocycles. The smallest absolute Gasteiger partial charge is 0.136 e. The van der Waals surface area contributed by atoms with Crippen LogP contribution in [-0.2, 0) is 11.8 Å². The summed E-state index contributed by atoms with van der Waals surface area (Å²) < 4.78 is 0. The summed E-state index contributed by atoms with van der Waals surface area (Å²) in [6, 6.07) is 2.44. The van der Waals surface area contributed by atoms with E-state index in [4.69, 9.17) is 0 Å². The predicted molar refractivity (Wildman–Crippen MR) is 118 cm³/mol. The number of fused-ring (bicyclic) bond motifs is 1. The van der Waals surface area contributed by atoms with E-state index in [0.29, 0.717) is 0 Å². The summed E-state index contributed by atoms with van der Waals surface area (Å²) >= 11 is 1.67. The van der Waals surface area contributed by atoms with E-state index in [0.717, 1.165) is 52.6 Å². The first-order valence-electron chi connectivity index (χ1n) is 9.41. The van der Waals surface area contributed by atoms with Crippen molar-refractivity contribution in [2.45, 2.75) is 52.4 Å². The molecule has 0 spiro atoms. The highest BCUT2D eigenvalue weighted by molar-refractivity contribution is 8.37. The minimum atomic E-state index is -0.861. The number of rotatable bonds is 5. The number of aliphatic imine (C=N–C) groups is 1. The van der Waals surface area contributed by atoms with Gasteiger partial charge >= 0.3 is 0 Å². The van der Waals surface area contributed by atoms with Crippen molar-refractivity contribution in [1.82, 2.24) is 4.90 Å². The second-order valence-electron chi connectivity index (χ2n) is 7.22. The van der Waals surface area contributed by atoms with E-state index in [9.17, 15) is 5.26 Å². The Morgan fingerprint density at radius 1 is 1.27 bits per heavy atom. The number of nitriles is 1. The second-order valence-corrected chi connectivity index (χ2v) is 12.3. The normalized spacial score (nSPS) is 20.2. The summed E-state index contributed by atoms with van der Waals surface area (Å²) in [5.41, 5.74) is 1.68. The molecule has 0 saturated carbocycles. The molecule has 0 radical (unpaired) electrons. The average Bonchev–Trinajstić information content (AvgIpc) is 3.01. The molecule has 0 aromatic carbocycles. The summed E-state index contributed by atoms with van der Waals surface area (Å²) in [5.74, 6) is 7.15. The Morgan fingerprint density at radius 2 is 1.92 bits per heavy atom. The predicted octanol–water partition coefficient (Wildman–Crippen LogP) is 5.26. The molecule has 1 atom stereocenters. The van der Waals surface area contributed by atoms with Crippen LogP contribution in [0.3, 0.4) is 0 Å². The molecule has 0 saturated heterocycles. The van der Waals surface area contributed by atoms with E-state index in [1.165, 1.54) is 4.88 Å². The van der Waals surface area contributed by atoms with Crippen LogP contribution in [0.25, 0.3) is 0 Å². The Balaban J connectivity index is 2.56. The third kappa shape index (κ3) is 4.11. The van der Waals surface area contributed by atoms with Gasteiger partial charge in [0, 0.05) is 24.5 Å². The number of hydrogen-bond donors (Lipinski definition) is 0. The first-order valence-corrected chi connectivity index (χ1v) is 12.4. The van der Waals surface area contributed by atoms with Crippen molar-refractivity contribution in [3.05, 3.63) is 16.0 Å². The Morgan fingerprint density at radius 3 is 2.46 bits per heavy atom. The van der Waals surface area contributed by atoms with Crippen LogP contribution < -0.4 is 0 Å². The van der Waals surface area contributed by atoms with Gasteiger partial charge in [-0.25, -0.2) is 4.99 Å². The van der Waals surface area contributed by atoms with E-state index in [-0.39, 0.29) is 5.41 Å².